The van der Waals surface area contributed by atoms with E-state index in [0.29, 0.717) is 11.3 Å². The van der Waals surface area contributed by atoms with E-state index in [-0.39, 0.29) is 18.5 Å². The Morgan fingerprint density at radius 2 is 2.05 bits per heavy atom. The Bertz CT molecular complexity index is 435. The highest BCUT2D eigenvalue weighted by Crippen LogP contribution is 2.29. The third-order valence-corrected chi connectivity index (χ3v) is 2.80. The fourth-order valence-electron chi connectivity index (χ4n) is 1.75. The highest BCUT2D eigenvalue weighted by molar-refractivity contribution is 5.89. The molecule has 0 radical (unpaired) electrons. The molecule has 0 aromatic heterocycles. The normalized spacial score (nSPS) is 13.7. The number of hydrogen-bond donors (Lipinski definition) is 3. The molecule has 0 heterocycles. The summed E-state index contributed by atoms with van der Waals surface area (Å²) < 4.78 is 9.72. The molecule has 0 aliphatic heterocycles. The van der Waals surface area contributed by atoms with E-state index < -0.39 is 18.2 Å². The smallest absolute Gasteiger partial charge is 0.337 e. The number of aliphatic hydroxyl groups is 2. The predicted octanol–water partition coefficient (Wildman–Crippen LogP) is 0.225. The average Bonchev–Trinajstić information content (AvgIpc) is 2.45. The number of carbonyl (C=O) groups excluding carboxylic acids is 1. The zero-order chi connectivity index (χ0) is 14.4. The predicted molar refractivity (Wildman–Crippen MR) is 69.0 cm³/mol. The maximum absolute atomic E-state index is 11.5. The van der Waals surface area contributed by atoms with Gasteiger partial charge in [0.1, 0.15) is 11.9 Å². The van der Waals surface area contributed by atoms with Crippen LogP contribution >= 0.6 is 0 Å². The zero-order valence-electron chi connectivity index (χ0n) is 11.0. The SMILES string of the molecule is COC(=O)c1ccc(OC)c(C(O)C(O)CCN)c1. The van der Waals surface area contributed by atoms with E-state index in [0.717, 1.165) is 0 Å². The van der Waals surface area contributed by atoms with Crippen LogP contribution in [-0.4, -0.2) is 43.1 Å². The molecule has 4 N–H and O–H groups in total. The van der Waals surface area contributed by atoms with Crippen molar-refractivity contribution >= 4 is 5.97 Å². The van der Waals surface area contributed by atoms with Crippen LogP contribution in [0.1, 0.15) is 28.4 Å². The van der Waals surface area contributed by atoms with Crippen molar-refractivity contribution in [3.8, 4) is 5.75 Å². The number of nitrogens with two attached hydrogens (primary N) is 1. The first kappa shape index (κ1) is 15.4. The molecule has 19 heavy (non-hydrogen) atoms. The molecule has 0 saturated carbocycles. The van der Waals surface area contributed by atoms with Crippen molar-refractivity contribution in [2.24, 2.45) is 5.73 Å². The molecule has 6 heteroatoms. The second kappa shape index (κ2) is 7.08. The van der Waals surface area contributed by atoms with Crippen LogP contribution in [0.25, 0.3) is 0 Å². The summed E-state index contributed by atoms with van der Waals surface area (Å²) in [4.78, 5) is 11.5. The van der Waals surface area contributed by atoms with Crippen LogP contribution in [0, 0.1) is 0 Å². The van der Waals surface area contributed by atoms with Crippen LogP contribution in [-0.2, 0) is 4.74 Å². The number of carbonyl (C=O) groups is 1. The van der Waals surface area contributed by atoms with Crippen molar-refractivity contribution in [3.05, 3.63) is 29.3 Å². The number of ether oxygens (including phenoxy) is 2. The van der Waals surface area contributed by atoms with Gasteiger partial charge >= 0.3 is 5.97 Å². The first-order chi connectivity index (χ1) is 9.04. The molecule has 0 amide bonds. The first-order valence-electron chi connectivity index (χ1n) is 5.87. The Hall–Kier alpha value is -1.63. The Labute approximate surface area is 111 Å². The van der Waals surface area contributed by atoms with Crippen molar-refractivity contribution in [2.45, 2.75) is 18.6 Å². The first-order valence-corrected chi connectivity index (χ1v) is 5.87. The monoisotopic (exact) mass is 269 g/mol. The Kier molecular flexibility index (Phi) is 5.75. The highest BCUT2D eigenvalue weighted by atomic mass is 16.5. The summed E-state index contributed by atoms with van der Waals surface area (Å²) in [5, 5.41) is 19.8. The highest BCUT2D eigenvalue weighted by Gasteiger charge is 2.22. The van der Waals surface area contributed by atoms with Crippen molar-refractivity contribution in [1.82, 2.24) is 0 Å². The van der Waals surface area contributed by atoms with E-state index in [1.165, 1.54) is 26.4 Å². The third kappa shape index (κ3) is 3.66. The van der Waals surface area contributed by atoms with Gasteiger partial charge in [-0.05, 0) is 31.2 Å². The minimum atomic E-state index is -1.18. The minimum Gasteiger partial charge on any atom is -0.496 e. The molecular weight excluding hydrogens is 250 g/mol. The van der Waals surface area contributed by atoms with E-state index in [1.54, 1.807) is 6.07 Å². The number of hydrogen-bond acceptors (Lipinski definition) is 6. The quantitative estimate of drug-likeness (QED) is 0.639. The van der Waals surface area contributed by atoms with Crippen LogP contribution in [0.3, 0.4) is 0 Å². The van der Waals surface area contributed by atoms with E-state index in [9.17, 15) is 15.0 Å². The van der Waals surface area contributed by atoms with Crippen molar-refractivity contribution < 1.29 is 24.5 Å². The molecule has 0 aliphatic carbocycles. The number of benzene rings is 1. The number of rotatable bonds is 6. The lowest BCUT2D eigenvalue weighted by Gasteiger charge is -2.20. The minimum absolute atomic E-state index is 0.243. The second-order valence-electron chi connectivity index (χ2n) is 4.04. The topological polar surface area (TPSA) is 102 Å². The van der Waals surface area contributed by atoms with Gasteiger partial charge in [0, 0.05) is 5.56 Å². The molecule has 0 fully saturated rings. The lowest BCUT2D eigenvalue weighted by Crippen LogP contribution is -2.22. The Morgan fingerprint density at radius 3 is 2.58 bits per heavy atom. The van der Waals surface area contributed by atoms with E-state index in [2.05, 4.69) is 4.74 Å². The summed E-state index contributed by atoms with van der Waals surface area (Å²) in [6, 6.07) is 4.51. The maximum Gasteiger partial charge on any atom is 0.337 e. The second-order valence-corrected chi connectivity index (χ2v) is 4.04. The van der Waals surface area contributed by atoms with E-state index in [4.69, 9.17) is 10.5 Å². The average molecular weight is 269 g/mol. The molecule has 1 rings (SSSR count). The van der Waals surface area contributed by atoms with Crippen LogP contribution in [0.2, 0.25) is 0 Å². The number of aliphatic hydroxyl groups excluding tert-OH is 2. The van der Waals surface area contributed by atoms with E-state index >= 15 is 0 Å². The van der Waals surface area contributed by atoms with Crippen LogP contribution in [0.15, 0.2) is 18.2 Å². The van der Waals surface area contributed by atoms with Crippen LogP contribution < -0.4 is 10.5 Å². The third-order valence-electron chi connectivity index (χ3n) is 2.80. The maximum atomic E-state index is 11.5. The van der Waals surface area contributed by atoms with Gasteiger partial charge in [-0.3, -0.25) is 0 Å². The van der Waals surface area contributed by atoms with Gasteiger partial charge in [-0.15, -0.1) is 0 Å². The lowest BCUT2D eigenvalue weighted by atomic mass is 9.99. The van der Waals surface area contributed by atoms with Crippen molar-refractivity contribution in [2.75, 3.05) is 20.8 Å². The molecular formula is C13H19NO5. The Morgan fingerprint density at radius 1 is 1.37 bits per heavy atom. The van der Waals surface area contributed by atoms with Gasteiger partial charge < -0.3 is 25.4 Å². The number of esters is 1. The molecule has 0 saturated heterocycles. The molecule has 0 spiro atoms. The van der Waals surface area contributed by atoms with Gasteiger partial charge in [-0.25, -0.2) is 4.79 Å². The van der Waals surface area contributed by atoms with Gasteiger partial charge in [0.15, 0.2) is 0 Å². The van der Waals surface area contributed by atoms with Crippen LogP contribution in [0.5, 0.6) is 5.75 Å². The van der Waals surface area contributed by atoms with Crippen molar-refractivity contribution in [3.63, 3.8) is 0 Å². The van der Waals surface area contributed by atoms with Gasteiger partial charge in [-0.1, -0.05) is 0 Å². The molecule has 2 atom stereocenters. The summed E-state index contributed by atoms with van der Waals surface area (Å²) in [6.45, 7) is 0.247. The van der Waals surface area contributed by atoms with E-state index in [1.807, 2.05) is 0 Å². The van der Waals surface area contributed by atoms with Gasteiger partial charge in [0.05, 0.1) is 25.9 Å². The van der Waals surface area contributed by atoms with Crippen molar-refractivity contribution in [1.29, 1.82) is 0 Å². The standard InChI is InChI=1S/C13H19NO5/c1-18-11-4-3-8(13(17)19-2)7-9(11)12(16)10(15)5-6-14/h3-4,7,10,12,15-16H,5-6,14H2,1-2H3. The molecule has 106 valence electrons. The lowest BCUT2D eigenvalue weighted by molar-refractivity contribution is 0.0136. The zero-order valence-corrected chi connectivity index (χ0v) is 11.0. The summed E-state index contributed by atoms with van der Waals surface area (Å²) in [7, 11) is 2.71. The molecule has 0 aliphatic rings. The molecule has 1 aromatic carbocycles. The fourth-order valence-corrected chi connectivity index (χ4v) is 1.75. The largest absolute Gasteiger partial charge is 0.496 e. The summed E-state index contributed by atoms with van der Waals surface area (Å²) in [5.74, 6) is -0.138. The fraction of sp³-hybridized carbons (Fsp3) is 0.462. The summed E-state index contributed by atoms with van der Waals surface area (Å²) in [6.07, 6.45) is -1.96. The van der Waals surface area contributed by atoms with Gasteiger partial charge in [0.2, 0.25) is 0 Å². The van der Waals surface area contributed by atoms with Gasteiger partial charge in [0.25, 0.3) is 0 Å². The Balaban J connectivity index is 3.11. The number of methoxy groups -OCH3 is 2. The van der Waals surface area contributed by atoms with Gasteiger partial charge in [-0.2, -0.15) is 0 Å². The molecule has 1 aromatic rings. The molecule has 6 nitrogen and oxygen atoms in total. The summed E-state index contributed by atoms with van der Waals surface area (Å²) >= 11 is 0. The molecule has 2 unspecified atom stereocenters. The summed E-state index contributed by atoms with van der Waals surface area (Å²) in [5.41, 5.74) is 5.94. The molecule has 0 bridgehead atoms. The van der Waals surface area contributed by atoms with Crippen LogP contribution in [0.4, 0.5) is 0 Å².